The number of esters is 1. The van der Waals surface area contributed by atoms with E-state index in [1.165, 1.54) is 12.2 Å². The number of carbonyl (C=O) groups excluding carboxylic acids is 4. The number of likely N-dealkylation sites (tertiary alicyclic amines) is 1. The molecular formula is C21H22F2N2O6S. The summed E-state index contributed by atoms with van der Waals surface area (Å²) in [7, 11) is 0. The van der Waals surface area contributed by atoms with Crippen molar-refractivity contribution < 1.29 is 37.4 Å². The van der Waals surface area contributed by atoms with Crippen molar-refractivity contribution in [2.45, 2.75) is 24.8 Å². The number of thiol groups is 1. The number of anilines is 1. The minimum atomic E-state index is -1.71. The summed E-state index contributed by atoms with van der Waals surface area (Å²) in [5.41, 5.74) is -3.24. The molecule has 0 unspecified atom stereocenters. The van der Waals surface area contributed by atoms with E-state index in [4.69, 9.17) is 4.74 Å². The summed E-state index contributed by atoms with van der Waals surface area (Å²) in [6, 6.07) is 1.70. The second-order valence-corrected chi connectivity index (χ2v) is 7.35. The van der Waals surface area contributed by atoms with Crippen LogP contribution in [0, 0.1) is 11.6 Å². The maximum atomic E-state index is 14.9. The first kappa shape index (κ1) is 25.1. The normalized spacial score (nSPS) is 17.4. The van der Waals surface area contributed by atoms with E-state index in [2.05, 4.69) is 35.8 Å². The van der Waals surface area contributed by atoms with Gasteiger partial charge in [0.05, 0.1) is 5.69 Å². The lowest BCUT2D eigenvalue weighted by molar-refractivity contribution is -0.129. The maximum Gasteiger partial charge on any atom is 0.410 e. The second-order valence-electron chi connectivity index (χ2n) is 6.85. The number of halogens is 2. The van der Waals surface area contributed by atoms with Crippen LogP contribution < -0.4 is 5.32 Å². The van der Waals surface area contributed by atoms with Crippen molar-refractivity contribution in [3.63, 3.8) is 0 Å². The van der Waals surface area contributed by atoms with Gasteiger partial charge in [0, 0.05) is 13.0 Å². The highest BCUT2D eigenvalue weighted by atomic mass is 32.1. The number of hydrogen-bond donors (Lipinski definition) is 2. The lowest BCUT2D eigenvalue weighted by Gasteiger charge is -2.35. The summed E-state index contributed by atoms with van der Waals surface area (Å²) in [5.74, 6) is -4.75. The highest BCUT2D eigenvalue weighted by molar-refractivity contribution is 7.96. The van der Waals surface area contributed by atoms with Gasteiger partial charge in [0.1, 0.15) is 30.1 Å². The van der Waals surface area contributed by atoms with Gasteiger partial charge in [0.25, 0.3) is 5.91 Å². The minimum absolute atomic E-state index is 0.0748. The van der Waals surface area contributed by atoms with Crippen LogP contribution in [0.25, 0.3) is 0 Å². The zero-order valence-electron chi connectivity index (χ0n) is 17.1. The summed E-state index contributed by atoms with van der Waals surface area (Å²) in [5, 5.41) is 1.57. The highest BCUT2D eigenvalue weighted by Gasteiger charge is 2.51. The van der Waals surface area contributed by atoms with Crippen molar-refractivity contribution in [1.29, 1.82) is 0 Å². The van der Waals surface area contributed by atoms with E-state index in [1.54, 1.807) is 0 Å². The average molecular weight is 468 g/mol. The molecule has 1 saturated heterocycles. The molecule has 0 bridgehead atoms. The maximum absolute atomic E-state index is 14.9. The third-order valence-electron chi connectivity index (χ3n) is 4.78. The van der Waals surface area contributed by atoms with Crippen LogP contribution in [0.3, 0.4) is 0 Å². The molecule has 0 radical (unpaired) electrons. The monoisotopic (exact) mass is 468 g/mol. The molecule has 11 heteroatoms. The minimum Gasteiger partial charge on any atom is -0.458 e. The van der Waals surface area contributed by atoms with Gasteiger partial charge < -0.3 is 14.8 Å². The second kappa shape index (κ2) is 10.9. The standard InChI is InChI=1S/C21H22F2N2O6S/c1-3-10-30-18(27)16-13(22)6-7-14(17(16)23)24-19(28)21(12-15(26)32)8-5-9-25(21)20(29)31-11-4-2/h3-4,6-7H,1-2,5,8-12H2,(H,24,28)(H,26,32)/t21-/m0/s1. The van der Waals surface area contributed by atoms with Crippen molar-refractivity contribution >= 4 is 41.4 Å². The van der Waals surface area contributed by atoms with E-state index in [0.29, 0.717) is 6.42 Å². The third kappa shape index (κ3) is 5.34. The molecule has 2 rings (SSSR count). The lowest BCUT2D eigenvalue weighted by Crippen LogP contribution is -2.56. The van der Waals surface area contributed by atoms with Crippen molar-refractivity contribution in [2.24, 2.45) is 0 Å². The molecule has 1 aromatic rings. The van der Waals surface area contributed by atoms with Crippen molar-refractivity contribution in [1.82, 2.24) is 4.90 Å². The van der Waals surface area contributed by atoms with Crippen LogP contribution >= 0.6 is 12.6 Å². The fourth-order valence-electron chi connectivity index (χ4n) is 3.38. The van der Waals surface area contributed by atoms with Crippen LogP contribution in [-0.2, 0) is 19.1 Å². The van der Waals surface area contributed by atoms with E-state index in [0.717, 1.165) is 17.0 Å². The van der Waals surface area contributed by atoms with Crippen LogP contribution in [0.5, 0.6) is 0 Å². The molecule has 1 aliphatic rings. The molecule has 1 atom stereocenters. The predicted octanol–water partition coefficient (Wildman–Crippen LogP) is 3.25. The van der Waals surface area contributed by atoms with Gasteiger partial charge >= 0.3 is 12.1 Å². The first-order chi connectivity index (χ1) is 15.2. The number of hydrogen-bond acceptors (Lipinski definition) is 6. The topological polar surface area (TPSA) is 102 Å². The summed E-state index contributed by atoms with van der Waals surface area (Å²) in [6.45, 7) is 6.49. The zero-order chi connectivity index (χ0) is 23.9. The predicted molar refractivity (Wildman–Crippen MR) is 114 cm³/mol. The smallest absolute Gasteiger partial charge is 0.410 e. The largest absolute Gasteiger partial charge is 0.458 e. The Morgan fingerprint density at radius 3 is 2.44 bits per heavy atom. The van der Waals surface area contributed by atoms with E-state index >= 15 is 0 Å². The number of ether oxygens (including phenoxy) is 2. The van der Waals surface area contributed by atoms with Crippen LogP contribution in [0.2, 0.25) is 0 Å². The molecule has 1 fully saturated rings. The molecule has 2 amide bonds. The fraction of sp³-hybridized carbons (Fsp3) is 0.333. The van der Waals surface area contributed by atoms with Gasteiger partial charge in [-0.3, -0.25) is 14.5 Å². The van der Waals surface area contributed by atoms with Crippen molar-refractivity contribution in [3.05, 3.63) is 54.6 Å². The van der Waals surface area contributed by atoms with Gasteiger partial charge in [0.2, 0.25) is 0 Å². The number of nitrogens with zero attached hydrogens (tertiary/aromatic N) is 1. The quantitative estimate of drug-likeness (QED) is 0.328. The Hall–Kier alpha value is -3.21. The number of rotatable bonds is 9. The molecule has 1 aromatic carbocycles. The highest BCUT2D eigenvalue weighted by Crippen LogP contribution is 2.36. The van der Waals surface area contributed by atoms with Crippen LogP contribution in [0.1, 0.15) is 29.6 Å². The number of nitrogens with one attached hydrogen (secondary N) is 1. The number of carbonyl (C=O) groups is 4. The first-order valence-electron chi connectivity index (χ1n) is 9.52. The third-order valence-corrected chi connectivity index (χ3v) is 4.93. The number of benzene rings is 1. The molecule has 32 heavy (non-hydrogen) atoms. The van der Waals surface area contributed by atoms with Gasteiger partial charge in [-0.25, -0.2) is 18.4 Å². The molecule has 1 heterocycles. The van der Waals surface area contributed by atoms with Crippen LogP contribution in [0.15, 0.2) is 37.4 Å². The van der Waals surface area contributed by atoms with Crippen molar-refractivity contribution in [2.75, 3.05) is 25.1 Å². The summed E-state index contributed by atoms with van der Waals surface area (Å²) >= 11 is 3.73. The Kier molecular flexibility index (Phi) is 8.53. The van der Waals surface area contributed by atoms with E-state index in [1.807, 2.05) is 0 Å². The molecule has 0 saturated carbocycles. The molecule has 1 aliphatic heterocycles. The van der Waals surface area contributed by atoms with Gasteiger partial charge in [-0.1, -0.05) is 25.3 Å². The van der Waals surface area contributed by atoms with Crippen LogP contribution in [-0.4, -0.2) is 53.3 Å². The lowest BCUT2D eigenvalue weighted by atomic mass is 9.91. The van der Waals surface area contributed by atoms with E-state index in [-0.39, 0.29) is 26.2 Å². The summed E-state index contributed by atoms with van der Waals surface area (Å²) in [4.78, 5) is 50.5. The summed E-state index contributed by atoms with van der Waals surface area (Å²) in [6.07, 6.45) is 1.66. The molecule has 0 aromatic heterocycles. The molecule has 172 valence electrons. The molecule has 1 N–H and O–H groups in total. The molecule has 0 spiro atoms. The Bertz CT molecular complexity index is 954. The van der Waals surface area contributed by atoms with Gasteiger partial charge in [-0.2, -0.15) is 0 Å². The van der Waals surface area contributed by atoms with Gasteiger partial charge in [-0.05, 0) is 25.0 Å². The molecule has 8 nitrogen and oxygen atoms in total. The summed E-state index contributed by atoms with van der Waals surface area (Å²) < 4.78 is 38.6. The van der Waals surface area contributed by atoms with E-state index in [9.17, 15) is 28.0 Å². The van der Waals surface area contributed by atoms with Gasteiger partial charge in [0.15, 0.2) is 10.9 Å². The van der Waals surface area contributed by atoms with Gasteiger partial charge in [-0.15, -0.1) is 12.6 Å². The molecule has 0 aliphatic carbocycles. The zero-order valence-corrected chi connectivity index (χ0v) is 18.0. The Morgan fingerprint density at radius 2 is 1.81 bits per heavy atom. The Balaban J connectivity index is 2.39. The molecular weight excluding hydrogens is 446 g/mol. The van der Waals surface area contributed by atoms with E-state index < -0.39 is 57.9 Å². The Morgan fingerprint density at radius 1 is 1.16 bits per heavy atom. The fourth-order valence-corrected chi connectivity index (χ4v) is 3.65. The first-order valence-corrected chi connectivity index (χ1v) is 9.97. The SMILES string of the molecule is C=CCOC(=O)c1c(F)ccc(NC(=O)[C@@]2(CC(=O)S)CCCN2C(=O)OCC=C)c1F. The van der Waals surface area contributed by atoms with Crippen molar-refractivity contribution in [3.8, 4) is 0 Å². The number of amides is 2. The average Bonchev–Trinajstić information content (AvgIpc) is 3.16. The Labute approximate surface area is 188 Å². The van der Waals surface area contributed by atoms with Crippen LogP contribution in [0.4, 0.5) is 19.3 Å².